The zero-order valence-corrected chi connectivity index (χ0v) is 19.2. The van der Waals surface area contributed by atoms with E-state index in [1.54, 1.807) is 23.0 Å². The zero-order valence-electron chi connectivity index (χ0n) is 18.4. The highest BCUT2D eigenvalue weighted by molar-refractivity contribution is 7.80. The van der Waals surface area contributed by atoms with Gasteiger partial charge >= 0.3 is 11.6 Å². The minimum absolute atomic E-state index is 0.0239. The lowest BCUT2D eigenvalue weighted by Crippen LogP contribution is -2.37. The Labute approximate surface area is 191 Å². The molecule has 32 heavy (non-hydrogen) atoms. The summed E-state index contributed by atoms with van der Waals surface area (Å²) in [6.45, 7) is 6.03. The van der Waals surface area contributed by atoms with Crippen molar-refractivity contribution in [1.29, 1.82) is 0 Å². The highest BCUT2D eigenvalue weighted by Crippen LogP contribution is 2.30. The number of fused-ring (bicyclic) bond motifs is 1. The smallest absolute Gasteiger partial charge is 0.324 e. The quantitative estimate of drug-likeness (QED) is 0.486. The Morgan fingerprint density at radius 3 is 2.62 bits per heavy atom. The van der Waals surface area contributed by atoms with Crippen LogP contribution >= 0.6 is 12.2 Å². The van der Waals surface area contributed by atoms with E-state index in [9.17, 15) is 9.59 Å². The molecule has 2 N–H and O–H groups in total. The fourth-order valence-corrected chi connectivity index (χ4v) is 4.01. The molecule has 2 aliphatic rings. The summed E-state index contributed by atoms with van der Waals surface area (Å²) in [7, 11) is 1.75. The Morgan fingerprint density at radius 1 is 1.25 bits per heavy atom. The number of nitrogens with two attached hydrogens (primary N) is 1. The van der Waals surface area contributed by atoms with Crippen LogP contribution in [0, 0.1) is 0 Å². The molecule has 2 aliphatic heterocycles. The monoisotopic (exact) mass is 460 g/mol. The SMILES string of the molecule is CCCCOc1c(C(N)=S)nc2c(N3CCN(C)C3=O)cc(N3CCOCC3)cn2c1=O. The van der Waals surface area contributed by atoms with Gasteiger partial charge in [-0.1, -0.05) is 25.6 Å². The number of nitrogens with zero attached hydrogens (tertiary/aromatic N) is 5. The number of hydrogen-bond acceptors (Lipinski definition) is 7. The van der Waals surface area contributed by atoms with Gasteiger partial charge in [0.1, 0.15) is 10.7 Å². The van der Waals surface area contributed by atoms with Crippen LogP contribution < -0.4 is 25.8 Å². The number of unbranched alkanes of at least 4 members (excludes halogenated alkanes) is 1. The number of rotatable bonds is 7. The summed E-state index contributed by atoms with van der Waals surface area (Å²) in [4.78, 5) is 36.3. The van der Waals surface area contributed by atoms with Gasteiger partial charge in [-0.25, -0.2) is 9.78 Å². The molecular formula is C21H28N6O4S. The van der Waals surface area contributed by atoms with Crippen molar-refractivity contribution in [2.24, 2.45) is 5.73 Å². The highest BCUT2D eigenvalue weighted by Gasteiger charge is 2.31. The Hall–Kier alpha value is -2.92. The summed E-state index contributed by atoms with van der Waals surface area (Å²) in [6, 6.07) is 1.74. The number of morpholine rings is 1. The van der Waals surface area contributed by atoms with Gasteiger partial charge in [0.2, 0.25) is 5.75 Å². The second kappa shape index (κ2) is 9.29. The van der Waals surface area contributed by atoms with Crippen LogP contribution in [-0.2, 0) is 4.74 Å². The first kappa shape index (κ1) is 22.3. The van der Waals surface area contributed by atoms with Gasteiger partial charge < -0.3 is 25.0 Å². The van der Waals surface area contributed by atoms with Crippen LogP contribution in [0.3, 0.4) is 0 Å². The number of urea groups is 1. The number of amides is 2. The van der Waals surface area contributed by atoms with Gasteiger partial charge in [0.15, 0.2) is 5.65 Å². The molecule has 0 atom stereocenters. The van der Waals surface area contributed by atoms with Crippen LogP contribution in [0.1, 0.15) is 25.5 Å². The zero-order chi connectivity index (χ0) is 22.8. The highest BCUT2D eigenvalue weighted by atomic mass is 32.1. The van der Waals surface area contributed by atoms with E-state index in [1.165, 1.54) is 4.40 Å². The van der Waals surface area contributed by atoms with Crippen LogP contribution in [0.25, 0.3) is 5.65 Å². The van der Waals surface area contributed by atoms with Gasteiger partial charge in [0.25, 0.3) is 0 Å². The number of thiocarbonyl (C=S) groups is 1. The summed E-state index contributed by atoms with van der Waals surface area (Å²) >= 11 is 5.18. The topological polar surface area (TPSA) is 106 Å². The number of hydrogen-bond donors (Lipinski definition) is 1. The fraction of sp³-hybridized carbons (Fsp3) is 0.524. The Morgan fingerprint density at radius 2 is 2.00 bits per heavy atom. The van der Waals surface area contributed by atoms with Gasteiger partial charge in [-0.2, -0.15) is 0 Å². The summed E-state index contributed by atoms with van der Waals surface area (Å²) in [5, 5.41) is 0. The van der Waals surface area contributed by atoms with Crippen LogP contribution in [0.15, 0.2) is 17.1 Å². The number of likely N-dealkylation sites (N-methyl/N-ethyl adjacent to an activating group) is 1. The molecule has 0 radical (unpaired) electrons. The van der Waals surface area contributed by atoms with Gasteiger partial charge in [0.05, 0.1) is 31.2 Å². The lowest BCUT2D eigenvalue weighted by molar-refractivity contribution is 0.122. The molecule has 0 saturated carbocycles. The minimum atomic E-state index is -0.398. The van der Waals surface area contributed by atoms with Crippen molar-refractivity contribution >= 4 is 40.3 Å². The third-order valence-corrected chi connectivity index (χ3v) is 5.90. The number of carbonyl (C=O) groups is 1. The average molecular weight is 461 g/mol. The van der Waals surface area contributed by atoms with Crippen LogP contribution in [-0.4, -0.2) is 78.4 Å². The van der Waals surface area contributed by atoms with Crippen LogP contribution in [0.5, 0.6) is 5.75 Å². The first-order valence-electron chi connectivity index (χ1n) is 10.8. The number of ether oxygens (including phenoxy) is 2. The predicted molar refractivity (Wildman–Crippen MR) is 126 cm³/mol. The molecule has 0 spiro atoms. The van der Waals surface area contributed by atoms with Crippen molar-refractivity contribution in [3.05, 3.63) is 28.3 Å². The lowest BCUT2D eigenvalue weighted by atomic mass is 10.2. The Balaban J connectivity index is 1.93. The van der Waals surface area contributed by atoms with Crippen LogP contribution in [0.4, 0.5) is 16.2 Å². The maximum Gasteiger partial charge on any atom is 0.324 e. The molecule has 2 aromatic heterocycles. The lowest BCUT2D eigenvalue weighted by Gasteiger charge is -2.30. The molecule has 2 amide bonds. The molecule has 4 rings (SSSR count). The van der Waals surface area contributed by atoms with E-state index in [4.69, 9.17) is 27.4 Å². The van der Waals surface area contributed by atoms with Crippen molar-refractivity contribution in [1.82, 2.24) is 14.3 Å². The molecule has 0 aliphatic carbocycles. The Kier molecular flexibility index (Phi) is 6.47. The standard InChI is InChI=1S/C21H28N6O4S/c1-3-4-9-31-17-16(18(22)32)23-19-15(26-6-5-24(2)21(26)29)12-14(13-27(19)20(17)28)25-7-10-30-11-8-25/h12-13H,3-11H2,1-2H3,(H2,22,32). The first-order chi connectivity index (χ1) is 15.4. The molecule has 0 unspecified atom stereocenters. The van der Waals surface area contributed by atoms with Gasteiger partial charge in [-0.15, -0.1) is 0 Å². The summed E-state index contributed by atoms with van der Waals surface area (Å²) in [5.74, 6) is 0.0402. The molecule has 4 heterocycles. The maximum absolute atomic E-state index is 13.5. The van der Waals surface area contributed by atoms with E-state index >= 15 is 0 Å². The van der Waals surface area contributed by atoms with E-state index < -0.39 is 5.56 Å². The molecule has 2 saturated heterocycles. The second-order valence-electron chi connectivity index (χ2n) is 7.89. The molecule has 172 valence electrons. The summed E-state index contributed by atoms with van der Waals surface area (Å²) in [5.41, 5.74) is 7.32. The van der Waals surface area contributed by atoms with E-state index in [2.05, 4.69) is 9.88 Å². The van der Waals surface area contributed by atoms with E-state index in [0.29, 0.717) is 57.3 Å². The van der Waals surface area contributed by atoms with Crippen LogP contribution in [0.2, 0.25) is 0 Å². The summed E-state index contributed by atoms with van der Waals surface area (Å²) in [6.07, 6.45) is 3.44. The normalized spacial score (nSPS) is 16.8. The van der Waals surface area contributed by atoms with E-state index in [-0.39, 0.29) is 22.5 Å². The fourth-order valence-electron chi connectivity index (χ4n) is 3.87. The van der Waals surface area contributed by atoms with Crippen molar-refractivity contribution in [3.63, 3.8) is 0 Å². The second-order valence-corrected chi connectivity index (χ2v) is 8.33. The minimum Gasteiger partial charge on any atom is -0.486 e. The third-order valence-electron chi connectivity index (χ3n) is 5.71. The van der Waals surface area contributed by atoms with Crippen molar-refractivity contribution in [3.8, 4) is 5.75 Å². The van der Waals surface area contributed by atoms with E-state index in [1.807, 2.05) is 13.0 Å². The molecule has 0 bridgehead atoms. The predicted octanol–water partition coefficient (Wildman–Crippen LogP) is 1.22. The van der Waals surface area contributed by atoms with Gasteiger partial charge in [0, 0.05) is 39.4 Å². The third kappa shape index (κ3) is 4.09. The first-order valence-corrected chi connectivity index (χ1v) is 11.2. The summed E-state index contributed by atoms with van der Waals surface area (Å²) < 4.78 is 12.7. The average Bonchev–Trinajstić information content (AvgIpc) is 3.13. The van der Waals surface area contributed by atoms with Crippen molar-refractivity contribution < 1.29 is 14.3 Å². The van der Waals surface area contributed by atoms with Gasteiger partial charge in [-0.05, 0) is 12.5 Å². The molecule has 0 aromatic carbocycles. The van der Waals surface area contributed by atoms with E-state index in [0.717, 1.165) is 18.5 Å². The number of pyridine rings is 1. The molecule has 10 nitrogen and oxygen atoms in total. The Bertz CT molecular complexity index is 1100. The van der Waals surface area contributed by atoms with Crippen molar-refractivity contribution in [2.45, 2.75) is 19.8 Å². The number of carbonyl (C=O) groups excluding carboxylic acids is 1. The maximum atomic E-state index is 13.5. The molecular weight excluding hydrogens is 432 g/mol. The number of anilines is 2. The largest absolute Gasteiger partial charge is 0.486 e. The van der Waals surface area contributed by atoms with Gasteiger partial charge in [-0.3, -0.25) is 14.1 Å². The number of aromatic nitrogens is 2. The van der Waals surface area contributed by atoms with Crippen molar-refractivity contribution in [2.75, 3.05) is 62.8 Å². The molecule has 2 aromatic rings. The molecule has 11 heteroatoms. The molecule has 2 fully saturated rings.